The number of nitrogens with one attached hydrogen (secondary N) is 2. The van der Waals surface area contributed by atoms with Crippen LogP contribution >= 0.6 is 0 Å². The molecule has 0 radical (unpaired) electrons. The van der Waals surface area contributed by atoms with Gasteiger partial charge in [-0.15, -0.1) is 0 Å². The molecule has 0 spiro atoms. The number of hydrogen-bond acceptors (Lipinski definition) is 7. The molecular formula is C18H34N2O7. The van der Waals surface area contributed by atoms with Crippen LogP contribution in [0.2, 0.25) is 0 Å². The van der Waals surface area contributed by atoms with Crippen molar-refractivity contribution in [3.63, 3.8) is 0 Å². The molecule has 0 aliphatic heterocycles. The summed E-state index contributed by atoms with van der Waals surface area (Å²) in [5.74, 6) is 0. The zero-order valence-corrected chi connectivity index (χ0v) is 16.0. The number of hydrogen-bond donors (Lipinski definition) is 7. The molecule has 0 aromatic rings. The summed E-state index contributed by atoms with van der Waals surface area (Å²) in [6.07, 6.45) is -1.84. The summed E-state index contributed by atoms with van der Waals surface area (Å²) in [4.78, 5) is 11.8. The van der Waals surface area contributed by atoms with Crippen LogP contribution in [-0.2, 0) is 4.74 Å². The van der Waals surface area contributed by atoms with Crippen molar-refractivity contribution in [3.05, 3.63) is 12.2 Å². The first-order valence-corrected chi connectivity index (χ1v) is 9.51. The van der Waals surface area contributed by atoms with Gasteiger partial charge in [0.2, 0.25) is 0 Å². The number of ether oxygens (including phenoxy) is 1. The Morgan fingerprint density at radius 2 is 1.81 bits per heavy atom. The molecule has 158 valence electrons. The number of amides is 2. The van der Waals surface area contributed by atoms with Crippen LogP contribution in [-0.4, -0.2) is 87.4 Å². The molecule has 1 aliphatic carbocycles. The monoisotopic (exact) mass is 390 g/mol. The Kier molecular flexibility index (Phi) is 10.8. The van der Waals surface area contributed by atoms with Crippen molar-refractivity contribution < 1.29 is 35.1 Å². The van der Waals surface area contributed by atoms with Crippen LogP contribution < -0.4 is 10.6 Å². The highest BCUT2D eigenvalue weighted by atomic mass is 16.5. The number of urea groups is 1. The molecule has 1 rings (SSSR count). The molecular weight excluding hydrogens is 356 g/mol. The van der Waals surface area contributed by atoms with E-state index in [0.717, 1.165) is 0 Å². The molecule has 0 saturated heterocycles. The second-order valence-electron chi connectivity index (χ2n) is 6.84. The normalized spacial score (nSPS) is 30.5. The van der Waals surface area contributed by atoms with Gasteiger partial charge in [0.15, 0.2) is 0 Å². The lowest BCUT2D eigenvalue weighted by atomic mass is 9.95. The fourth-order valence-electron chi connectivity index (χ4n) is 2.82. The topological polar surface area (TPSA) is 152 Å². The van der Waals surface area contributed by atoms with E-state index < -0.39 is 48.7 Å². The lowest BCUT2D eigenvalue weighted by Crippen LogP contribution is -2.52. The number of carbonyl (C=O) groups is 1. The van der Waals surface area contributed by atoms with Gasteiger partial charge in [-0.05, 0) is 26.2 Å². The first-order valence-electron chi connectivity index (χ1n) is 9.51. The molecule has 2 amide bonds. The van der Waals surface area contributed by atoms with E-state index in [1.54, 1.807) is 26.0 Å². The smallest absolute Gasteiger partial charge is 0.315 e. The average Bonchev–Trinajstić information content (AvgIpc) is 2.64. The van der Waals surface area contributed by atoms with Crippen LogP contribution in [0.15, 0.2) is 12.2 Å². The summed E-state index contributed by atoms with van der Waals surface area (Å²) in [7, 11) is 0. The number of aliphatic hydroxyl groups excluding tert-OH is 5. The minimum absolute atomic E-state index is 0.0609. The predicted molar refractivity (Wildman–Crippen MR) is 99.1 cm³/mol. The van der Waals surface area contributed by atoms with Gasteiger partial charge in [-0.25, -0.2) is 4.79 Å². The summed E-state index contributed by atoms with van der Waals surface area (Å²) in [6.45, 7) is 3.81. The van der Waals surface area contributed by atoms with Crippen molar-refractivity contribution >= 4 is 6.03 Å². The first kappa shape index (κ1) is 23.8. The van der Waals surface area contributed by atoms with E-state index in [-0.39, 0.29) is 19.4 Å². The number of carbonyl (C=O) groups excluding carboxylic acids is 1. The third-order valence-corrected chi connectivity index (χ3v) is 4.63. The largest absolute Gasteiger partial charge is 0.393 e. The summed E-state index contributed by atoms with van der Waals surface area (Å²) in [5, 5.41) is 55.3. The van der Waals surface area contributed by atoms with Gasteiger partial charge in [0.1, 0.15) is 12.2 Å². The molecule has 9 nitrogen and oxygen atoms in total. The zero-order valence-electron chi connectivity index (χ0n) is 16.0. The highest BCUT2D eigenvalue weighted by Gasteiger charge is 2.33. The van der Waals surface area contributed by atoms with Gasteiger partial charge < -0.3 is 40.9 Å². The number of rotatable bonds is 9. The van der Waals surface area contributed by atoms with Gasteiger partial charge in [-0.3, -0.25) is 0 Å². The van der Waals surface area contributed by atoms with Crippen LogP contribution in [0.25, 0.3) is 0 Å². The number of aliphatic hydroxyl groups is 5. The Morgan fingerprint density at radius 3 is 2.44 bits per heavy atom. The van der Waals surface area contributed by atoms with Crippen molar-refractivity contribution in [1.82, 2.24) is 10.6 Å². The highest BCUT2D eigenvalue weighted by Crippen LogP contribution is 2.18. The molecule has 0 saturated carbocycles. The Balaban J connectivity index is 2.76. The van der Waals surface area contributed by atoms with Crippen molar-refractivity contribution in [1.29, 1.82) is 0 Å². The van der Waals surface area contributed by atoms with E-state index in [4.69, 9.17) is 4.74 Å². The van der Waals surface area contributed by atoms with Gasteiger partial charge in [-0.1, -0.05) is 19.1 Å². The maximum atomic E-state index is 11.8. The molecule has 7 atom stereocenters. The quantitative estimate of drug-likeness (QED) is 0.250. The van der Waals surface area contributed by atoms with Crippen molar-refractivity contribution in [3.8, 4) is 0 Å². The van der Waals surface area contributed by atoms with Crippen LogP contribution in [0.3, 0.4) is 0 Å². The SMILES string of the molecule is CCNC(=O)NC(COC1C/C=C\CC(O)C(O)C1O)C(O)CC(O)CC. The zero-order chi connectivity index (χ0) is 20.4. The summed E-state index contributed by atoms with van der Waals surface area (Å²) in [6, 6.07) is -1.30. The van der Waals surface area contributed by atoms with E-state index >= 15 is 0 Å². The molecule has 7 N–H and O–H groups in total. The second-order valence-corrected chi connectivity index (χ2v) is 6.84. The first-order chi connectivity index (χ1) is 12.8. The fourth-order valence-corrected chi connectivity index (χ4v) is 2.82. The van der Waals surface area contributed by atoms with Crippen LogP contribution in [0.1, 0.15) is 39.5 Å². The summed E-state index contributed by atoms with van der Waals surface area (Å²) >= 11 is 0. The van der Waals surface area contributed by atoms with Gasteiger partial charge in [0.05, 0.1) is 37.1 Å². The van der Waals surface area contributed by atoms with Gasteiger partial charge in [0, 0.05) is 13.0 Å². The molecule has 0 heterocycles. The van der Waals surface area contributed by atoms with Crippen molar-refractivity contribution in [2.24, 2.45) is 0 Å². The average molecular weight is 390 g/mol. The molecule has 1 aliphatic rings. The molecule has 9 heteroatoms. The predicted octanol–water partition coefficient (Wildman–Crippen LogP) is -0.986. The van der Waals surface area contributed by atoms with Crippen LogP contribution in [0.5, 0.6) is 0 Å². The van der Waals surface area contributed by atoms with Gasteiger partial charge in [-0.2, -0.15) is 0 Å². The summed E-state index contributed by atoms with van der Waals surface area (Å²) in [5.41, 5.74) is 0. The van der Waals surface area contributed by atoms with E-state index in [1.807, 2.05) is 0 Å². The van der Waals surface area contributed by atoms with E-state index in [0.29, 0.717) is 19.4 Å². The Labute approximate surface area is 160 Å². The minimum Gasteiger partial charge on any atom is -0.393 e. The van der Waals surface area contributed by atoms with Crippen LogP contribution in [0.4, 0.5) is 4.79 Å². The molecule has 0 bridgehead atoms. The molecule has 0 fully saturated rings. The van der Waals surface area contributed by atoms with E-state index in [1.165, 1.54) is 0 Å². The van der Waals surface area contributed by atoms with Gasteiger partial charge in [0.25, 0.3) is 0 Å². The van der Waals surface area contributed by atoms with Crippen molar-refractivity contribution in [2.75, 3.05) is 13.2 Å². The maximum absolute atomic E-state index is 11.8. The lowest BCUT2D eigenvalue weighted by Gasteiger charge is -2.32. The van der Waals surface area contributed by atoms with E-state index in [9.17, 15) is 30.3 Å². The molecule has 0 aromatic heterocycles. The standard InChI is InChI=1S/C18H34N2O7/c1-3-11(21)9-14(23)12(20-18(26)19-4-2)10-27-15-8-6-5-7-13(22)16(24)17(15)25/h5-6,11-17,21-25H,3-4,7-10H2,1-2H3,(H2,19,20,26)/b6-5-. The molecule has 27 heavy (non-hydrogen) atoms. The van der Waals surface area contributed by atoms with Crippen LogP contribution in [0, 0.1) is 0 Å². The maximum Gasteiger partial charge on any atom is 0.315 e. The van der Waals surface area contributed by atoms with Crippen molar-refractivity contribution in [2.45, 2.75) is 82.2 Å². The third-order valence-electron chi connectivity index (χ3n) is 4.63. The molecule has 0 aromatic carbocycles. The Morgan fingerprint density at radius 1 is 1.15 bits per heavy atom. The highest BCUT2D eigenvalue weighted by molar-refractivity contribution is 5.74. The summed E-state index contributed by atoms with van der Waals surface area (Å²) < 4.78 is 5.67. The second kappa shape index (κ2) is 12.3. The lowest BCUT2D eigenvalue weighted by molar-refractivity contribution is -0.128. The Hall–Kier alpha value is -1.23. The van der Waals surface area contributed by atoms with E-state index in [2.05, 4.69) is 10.6 Å². The Bertz CT molecular complexity index is 463. The molecule has 7 unspecified atom stereocenters. The fraction of sp³-hybridized carbons (Fsp3) is 0.833. The minimum atomic E-state index is -1.36. The third kappa shape index (κ3) is 8.12. The van der Waals surface area contributed by atoms with Gasteiger partial charge >= 0.3 is 6.03 Å².